The summed E-state index contributed by atoms with van der Waals surface area (Å²) >= 11 is 4.70. The molecule has 1 aromatic rings. The topological polar surface area (TPSA) is 56.7 Å². The van der Waals surface area contributed by atoms with Gasteiger partial charge in [-0.05, 0) is 31.1 Å². The molecule has 1 aliphatic rings. The number of phenolic OH excluding ortho intramolecular Hbond substituents is 1. The monoisotopic (exact) mass is 303 g/mol. The van der Waals surface area contributed by atoms with Crippen LogP contribution in [0.15, 0.2) is 23.3 Å². The second kappa shape index (κ2) is 5.66. The van der Waals surface area contributed by atoms with Crippen LogP contribution in [0.4, 0.5) is 13.2 Å². The Morgan fingerprint density at radius 3 is 2.80 bits per heavy atom. The molecule has 1 aliphatic carbocycles. The van der Waals surface area contributed by atoms with E-state index in [4.69, 9.17) is 12.2 Å². The molecule has 4 nitrogen and oxygen atoms in total. The van der Waals surface area contributed by atoms with Gasteiger partial charge in [0.15, 0.2) is 5.11 Å². The van der Waals surface area contributed by atoms with Crippen LogP contribution in [-0.2, 0) is 6.42 Å². The third kappa shape index (κ3) is 3.60. The molecular formula is C12H12F3N3OS. The second-order valence-corrected chi connectivity index (χ2v) is 4.68. The van der Waals surface area contributed by atoms with E-state index in [-0.39, 0.29) is 10.9 Å². The summed E-state index contributed by atoms with van der Waals surface area (Å²) in [5.74, 6) is 0.200. The molecule has 0 aliphatic heterocycles. The van der Waals surface area contributed by atoms with Crippen LogP contribution in [-0.4, -0.2) is 28.7 Å². The van der Waals surface area contributed by atoms with Gasteiger partial charge in [0.25, 0.3) is 0 Å². The van der Waals surface area contributed by atoms with Crippen LogP contribution in [0, 0.1) is 0 Å². The Morgan fingerprint density at radius 1 is 1.35 bits per heavy atom. The van der Waals surface area contributed by atoms with Gasteiger partial charge in [-0.15, -0.1) is 0 Å². The Labute approximate surface area is 118 Å². The number of hydrazone groups is 1. The summed E-state index contributed by atoms with van der Waals surface area (Å²) in [5, 5.41) is 15.5. The molecule has 0 saturated carbocycles. The van der Waals surface area contributed by atoms with Crippen LogP contribution in [0.1, 0.15) is 17.5 Å². The first-order valence-corrected chi connectivity index (χ1v) is 6.26. The van der Waals surface area contributed by atoms with Crippen molar-refractivity contribution in [1.29, 1.82) is 0 Å². The zero-order valence-corrected chi connectivity index (χ0v) is 11.1. The number of aromatic hydroxyl groups is 1. The summed E-state index contributed by atoms with van der Waals surface area (Å²) in [4.78, 5) is 0. The van der Waals surface area contributed by atoms with Crippen molar-refractivity contribution in [3.63, 3.8) is 0 Å². The fraction of sp³-hybridized carbons (Fsp3) is 0.333. The third-order valence-corrected chi connectivity index (χ3v) is 3.05. The number of fused-ring (bicyclic) bond motifs is 1. The Balaban J connectivity index is 1.98. The zero-order valence-electron chi connectivity index (χ0n) is 10.3. The van der Waals surface area contributed by atoms with Crippen LogP contribution in [0.3, 0.4) is 0 Å². The van der Waals surface area contributed by atoms with E-state index < -0.39 is 12.7 Å². The highest BCUT2D eigenvalue weighted by Gasteiger charge is 2.27. The minimum Gasteiger partial charge on any atom is -0.508 e. The van der Waals surface area contributed by atoms with Crippen LogP contribution in [0.25, 0.3) is 0 Å². The second-order valence-electron chi connectivity index (χ2n) is 4.27. The number of hydrogen-bond acceptors (Lipinski definition) is 3. The van der Waals surface area contributed by atoms with Crippen LogP contribution >= 0.6 is 12.2 Å². The normalized spacial score (nSPS) is 16.1. The van der Waals surface area contributed by atoms with Crippen molar-refractivity contribution in [2.45, 2.75) is 19.0 Å². The molecule has 108 valence electrons. The fourth-order valence-corrected chi connectivity index (χ4v) is 2.06. The number of alkyl halides is 3. The van der Waals surface area contributed by atoms with E-state index >= 15 is 0 Å². The van der Waals surface area contributed by atoms with E-state index in [0.717, 1.165) is 11.1 Å². The molecule has 0 bridgehead atoms. The Hall–Kier alpha value is -1.83. The highest BCUT2D eigenvalue weighted by molar-refractivity contribution is 7.80. The van der Waals surface area contributed by atoms with Gasteiger partial charge in [-0.2, -0.15) is 18.3 Å². The molecule has 8 heteroatoms. The molecule has 0 radical (unpaired) electrons. The molecular weight excluding hydrogens is 291 g/mol. The van der Waals surface area contributed by atoms with Gasteiger partial charge in [0.2, 0.25) is 0 Å². The highest BCUT2D eigenvalue weighted by Crippen LogP contribution is 2.29. The number of benzene rings is 1. The predicted octanol–water partition coefficient (Wildman–Crippen LogP) is 2.07. The molecule has 1 aromatic carbocycles. The summed E-state index contributed by atoms with van der Waals surface area (Å²) in [5.41, 5.74) is 4.63. The predicted molar refractivity (Wildman–Crippen MR) is 72.8 cm³/mol. The number of nitrogens with one attached hydrogen (secondary N) is 2. The lowest BCUT2D eigenvalue weighted by molar-refractivity contribution is -0.122. The highest BCUT2D eigenvalue weighted by atomic mass is 32.1. The lowest BCUT2D eigenvalue weighted by Crippen LogP contribution is -2.38. The smallest absolute Gasteiger partial charge is 0.405 e. The van der Waals surface area contributed by atoms with Gasteiger partial charge in [-0.25, -0.2) is 0 Å². The van der Waals surface area contributed by atoms with Gasteiger partial charge in [-0.3, -0.25) is 5.43 Å². The van der Waals surface area contributed by atoms with Crippen molar-refractivity contribution in [2.75, 3.05) is 6.54 Å². The zero-order chi connectivity index (χ0) is 14.8. The number of thiocarbonyl (C=S) groups is 1. The van der Waals surface area contributed by atoms with Gasteiger partial charge in [0.1, 0.15) is 12.3 Å². The molecule has 0 atom stereocenters. The molecule has 0 heterocycles. The number of nitrogens with zero attached hydrogens (tertiary/aromatic N) is 1. The number of hydrogen-bond donors (Lipinski definition) is 3. The van der Waals surface area contributed by atoms with Crippen molar-refractivity contribution in [2.24, 2.45) is 5.10 Å². The van der Waals surface area contributed by atoms with Crippen molar-refractivity contribution in [1.82, 2.24) is 10.7 Å². The molecule has 3 N–H and O–H groups in total. The molecule has 0 saturated heterocycles. The summed E-state index contributed by atoms with van der Waals surface area (Å²) in [6.45, 7) is -1.21. The Morgan fingerprint density at radius 2 is 2.10 bits per heavy atom. The maximum Gasteiger partial charge on any atom is 0.405 e. The van der Waals surface area contributed by atoms with Gasteiger partial charge in [0.05, 0.1) is 5.71 Å². The summed E-state index contributed by atoms with van der Waals surface area (Å²) in [6.07, 6.45) is -3.09. The van der Waals surface area contributed by atoms with Crippen LogP contribution in [0.2, 0.25) is 0 Å². The van der Waals surface area contributed by atoms with Gasteiger partial charge in [0, 0.05) is 11.1 Å². The van der Waals surface area contributed by atoms with Crippen molar-refractivity contribution < 1.29 is 18.3 Å². The summed E-state index contributed by atoms with van der Waals surface area (Å²) < 4.78 is 36.0. The van der Waals surface area contributed by atoms with Crippen molar-refractivity contribution in [3.8, 4) is 5.75 Å². The standard InChI is InChI=1S/C12H12F3N3OS/c13-12(14,15)6-16-11(20)18-17-9-5-4-8-7(9)2-1-3-10(8)19/h1-3,19H,4-6H2,(H2,16,18,20)/b17-9-. The first kappa shape index (κ1) is 14.6. The average Bonchev–Trinajstić information content (AvgIpc) is 2.78. The minimum absolute atomic E-state index is 0.191. The Kier molecular flexibility index (Phi) is 4.12. The minimum atomic E-state index is -4.33. The van der Waals surface area contributed by atoms with Gasteiger partial charge < -0.3 is 10.4 Å². The molecule has 0 aromatic heterocycles. The van der Waals surface area contributed by atoms with E-state index in [1.54, 1.807) is 18.2 Å². The quantitative estimate of drug-likeness (QED) is 0.578. The maximum absolute atomic E-state index is 12.0. The van der Waals surface area contributed by atoms with Crippen LogP contribution in [0.5, 0.6) is 5.75 Å². The van der Waals surface area contributed by atoms with E-state index in [0.29, 0.717) is 18.6 Å². The van der Waals surface area contributed by atoms with E-state index in [9.17, 15) is 18.3 Å². The SMILES string of the molecule is Oc1cccc2c1CC/C2=N/NC(=S)NCC(F)(F)F. The Bertz CT molecular complexity index is 557. The number of halogens is 3. The third-order valence-electron chi connectivity index (χ3n) is 2.82. The molecule has 0 unspecified atom stereocenters. The van der Waals surface area contributed by atoms with Gasteiger partial charge in [-0.1, -0.05) is 12.1 Å². The molecule has 0 spiro atoms. The van der Waals surface area contributed by atoms with E-state index in [1.807, 2.05) is 5.32 Å². The number of rotatable bonds is 2. The summed E-state index contributed by atoms with van der Waals surface area (Å²) in [7, 11) is 0. The molecule has 20 heavy (non-hydrogen) atoms. The molecule has 0 amide bonds. The first-order chi connectivity index (χ1) is 9.37. The summed E-state index contributed by atoms with van der Waals surface area (Å²) in [6, 6.07) is 5.08. The maximum atomic E-state index is 12.0. The number of phenols is 1. The first-order valence-electron chi connectivity index (χ1n) is 5.85. The van der Waals surface area contributed by atoms with E-state index in [1.165, 1.54) is 0 Å². The van der Waals surface area contributed by atoms with Gasteiger partial charge >= 0.3 is 6.18 Å². The van der Waals surface area contributed by atoms with Crippen molar-refractivity contribution in [3.05, 3.63) is 29.3 Å². The molecule has 2 rings (SSSR count). The molecule has 0 fully saturated rings. The average molecular weight is 303 g/mol. The van der Waals surface area contributed by atoms with E-state index in [2.05, 4.69) is 10.5 Å². The largest absolute Gasteiger partial charge is 0.508 e. The fourth-order valence-electron chi connectivity index (χ4n) is 1.94. The lowest BCUT2D eigenvalue weighted by atomic mass is 10.1. The lowest BCUT2D eigenvalue weighted by Gasteiger charge is -2.10. The van der Waals surface area contributed by atoms with Crippen LogP contribution < -0.4 is 10.7 Å². The van der Waals surface area contributed by atoms with Crippen molar-refractivity contribution >= 4 is 23.0 Å².